The van der Waals surface area contributed by atoms with Crippen LogP contribution in [0.15, 0.2) is 18.2 Å². The van der Waals surface area contributed by atoms with Gasteiger partial charge in [-0.1, -0.05) is 6.07 Å². The van der Waals surface area contributed by atoms with Crippen LogP contribution in [0.4, 0.5) is 11.4 Å². The molecule has 18 heavy (non-hydrogen) atoms. The second-order valence-electron chi connectivity index (χ2n) is 4.35. The van der Waals surface area contributed by atoms with E-state index in [1.165, 1.54) is 11.0 Å². The van der Waals surface area contributed by atoms with E-state index in [1.54, 1.807) is 12.1 Å². The molecule has 96 valence electrons. The van der Waals surface area contributed by atoms with Crippen LogP contribution >= 0.6 is 0 Å². The summed E-state index contributed by atoms with van der Waals surface area (Å²) in [6, 6.07) is 4.65. The Morgan fingerprint density at radius 1 is 1.50 bits per heavy atom. The molecule has 0 aromatic heterocycles. The molecule has 0 saturated carbocycles. The molecule has 2 rings (SSSR count). The Hall–Kier alpha value is -2.08. The predicted octanol–water partition coefficient (Wildman–Crippen LogP) is 0.279. The van der Waals surface area contributed by atoms with Crippen molar-refractivity contribution in [2.45, 2.75) is 6.42 Å². The van der Waals surface area contributed by atoms with Crippen molar-refractivity contribution in [1.29, 1.82) is 0 Å². The Balaban J connectivity index is 2.37. The summed E-state index contributed by atoms with van der Waals surface area (Å²) >= 11 is 0. The van der Waals surface area contributed by atoms with E-state index in [0.29, 0.717) is 25.2 Å². The zero-order chi connectivity index (χ0) is 13.3. The first kappa shape index (κ1) is 12.4. The molecule has 1 unspecified atom stereocenters. The number of para-hydroxylation sites is 1. The molecular formula is C12H15N3O3. The number of nitrogen functional groups attached to an aromatic ring is 1. The van der Waals surface area contributed by atoms with Crippen LogP contribution in [0.5, 0.6) is 0 Å². The maximum Gasteiger partial charge on any atom is 0.337 e. The number of carbonyl (C=O) groups is 2. The lowest BCUT2D eigenvalue weighted by Gasteiger charge is -2.19. The van der Waals surface area contributed by atoms with Gasteiger partial charge in [0.2, 0.25) is 5.91 Å². The van der Waals surface area contributed by atoms with Gasteiger partial charge in [-0.15, -0.1) is 0 Å². The molecule has 1 fully saturated rings. The monoisotopic (exact) mass is 249 g/mol. The van der Waals surface area contributed by atoms with E-state index in [0.717, 1.165) is 0 Å². The average Bonchev–Trinajstić information content (AvgIpc) is 2.70. The molecular weight excluding hydrogens is 234 g/mol. The average molecular weight is 249 g/mol. The van der Waals surface area contributed by atoms with E-state index in [-0.39, 0.29) is 23.1 Å². The number of amides is 1. The SMILES string of the molecule is NCC1CC(=O)N(c2cccc(C(=O)O)c2N)C1. The molecule has 1 aliphatic rings. The lowest BCUT2D eigenvalue weighted by atomic mass is 10.1. The van der Waals surface area contributed by atoms with E-state index in [9.17, 15) is 9.59 Å². The fourth-order valence-corrected chi connectivity index (χ4v) is 2.15. The fourth-order valence-electron chi connectivity index (χ4n) is 2.15. The molecule has 1 aromatic carbocycles. The molecule has 1 saturated heterocycles. The van der Waals surface area contributed by atoms with Gasteiger partial charge in [-0.25, -0.2) is 4.79 Å². The molecule has 0 spiro atoms. The van der Waals surface area contributed by atoms with Crippen molar-refractivity contribution in [2.24, 2.45) is 11.7 Å². The quantitative estimate of drug-likeness (QED) is 0.666. The van der Waals surface area contributed by atoms with Crippen molar-refractivity contribution in [2.75, 3.05) is 23.7 Å². The Kier molecular flexibility index (Phi) is 3.20. The largest absolute Gasteiger partial charge is 0.478 e. The maximum absolute atomic E-state index is 11.8. The molecule has 1 heterocycles. The zero-order valence-corrected chi connectivity index (χ0v) is 9.80. The summed E-state index contributed by atoms with van der Waals surface area (Å²) in [5, 5.41) is 8.99. The Bertz CT molecular complexity index is 501. The van der Waals surface area contributed by atoms with Crippen molar-refractivity contribution in [3.8, 4) is 0 Å². The molecule has 0 bridgehead atoms. The molecule has 1 amide bonds. The Labute approximate surface area is 104 Å². The van der Waals surface area contributed by atoms with E-state index < -0.39 is 5.97 Å². The van der Waals surface area contributed by atoms with Gasteiger partial charge >= 0.3 is 5.97 Å². The number of nitrogens with zero attached hydrogens (tertiary/aromatic N) is 1. The van der Waals surface area contributed by atoms with Crippen molar-refractivity contribution < 1.29 is 14.7 Å². The van der Waals surface area contributed by atoms with Gasteiger partial charge in [0, 0.05) is 13.0 Å². The van der Waals surface area contributed by atoms with Crippen LogP contribution in [0.1, 0.15) is 16.8 Å². The summed E-state index contributed by atoms with van der Waals surface area (Å²) in [6.07, 6.45) is 0.382. The number of carboxylic acid groups (broad SMARTS) is 1. The minimum atomic E-state index is -1.10. The van der Waals surface area contributed by atoms with Gasteiger partial charge in [-0.2, -0.15) is 0 Å². The summed E-state index contributed by atoms with van der Waals surface area (Å²) in [5.74, 6) is -1.07. The van der Waals surface area contributed by atoms with Crippen LogP contribution in [-0.4, -0.2) is 30.1 Å². The number of hydrogen-bond acceptors (Lipinski definition) is 4. The summed E-state index contributed by atoms with van der Waals surface area (Å²) < 4.78 is 0. The van der Waals surface area contributed by atoms with Crippen LogP contribution < -0.4 is 16.4 Å². The van der Waals surface area contributed by atoms with E-state index in [1.807, 2.05) is 0 Å². The molecule has 1 atom stereocenters. The lowest BCUT2D eigenvalue weighted by Crippen LogP contribution is -2.27. The molecule has 6 heteroatoms. The van der Waals surface area contributed by atoms with Crippen LogP contribution in [0.3, 0.4) is 0 Å². The third-order valence-electron chi connectivity index (χ3n) is 3.14. The molecule has 0 aliphatic carbocycles. The molecule has 1 aromatic rings. The number of rotatable bonds is 3. The van der Waals surface area contributed by atoms with Gasteiger partial charge in [0.1, 0.15) is 0 Å². The van der Waals surface area contributed by atoms with E-state index in [2.05, 4.69) is 0 Å². The first-order chi connectivity index (χ1) is 8.54. The molecule has 1 aliphatic heterocycles. The molecule has 5 N–H and O–H groups in total. The van der Waals surface area contributed by atoms with E-state index in [4.69, 9.17) is 16.6 Å². The first-order valence-electron chi connectivity index (χ1n) is 5.66. The highest BCUT2D eigenvalue weighted by Gasteiger charge is 2.31. The fraction of sp³-hybridized carbons (Fsp3) is 0.333. The first-order valence-corrected chi connectivity index (χ1v) is 5.66. The number of hydrogen-bond donors (Lipinski definition) is 3. The minimum Gasteiger partial charge on any atom is -0.478 e. The number of nitrogens with two attached hydrogens (primary N) is 2. The van der Waals surface area contributed by atoms with Gasteiger partial charge in [-0.3, -0.25) is 4.79 Å². The zero-order valence-electron chi connectivity index (χ0n) is 9.80. The number of aromatic carboxylic acids is 1. The number of carbonyl (C=O) groups excluding carboxylic acids is 1. The van der Waals surface area contributed by atoms with Crippen molar-refractivity contribution in [3.05, 3.63) is 23.8 Å². The lowest BCUT2D eigenvalue weighted by molar-refractivity contribution is -0.117. The molecule has 0 radical (unpaired) electrons. The van der Waals surface area contributed by atoms with Crippen molar-refractivity contribution in [1.82, 2.24) is 0 Å². The topological polar surface area (TPSA) is 110 Å². The molecule has 6 nitrogen and oxygen atoms in total. The number of benzene rings is 1. The standard InChI is InChI=1S/C12H15N3O3/c13-5-7-4-10(16)15(6-7)9-3-1-2-8(11(9)14)12(17)18/h1-3,7H,4-6,13-14H2,(H,17,18). The Morgan fingerprint density at radius 3 is 2.78 bits per heavy atom. The number of carboxylic acids is 1. The van der Waals surface area contributed by atoms with Gasteiger partial charge in [0.05, 0.1) is 16.9 Å². The van der Waals surface area contributed by atoms with Gasteiger partial charge in [0.25, 0.3) is 0 Å². The Morgan fingerprint density at radius 2 is 2.22 bits per heavy atom. The van der Waals surface area contributed by atoms with E-state index >= 15 is 0 Å². The van der Waals surface area contributed by atoms with Crippen LogP contribution in [0, 0.1) is 5.92 Å². The third-order valence-corrected chi connectivity index (χ3v) is 3.14. The summed E-state index contributed by atoms with van der Waals surface area (Å²) in [6.45, 7) is 0.920. The van der Waals surface area contributed by atoms with Crippen molar-refractivity contribution in [3.63, 3.8) is 0 Å². The minimum absolute atomic E-state index is 0.0106. The number of anilines is 2. The third kappa shape index (κ3) is 2.02. The van der Waals surface area contributed by atoms with Gasteiger partial charge < -0.3 is 21.5 Å². The highest BCUT2D eigenvalue weighted by Crippen LogP contribution is 2.31. The second-order valence-corrected chi connectivity index (χ2v) is 4.35. The second kappa shape index (κ2) is 4.66. The van der Waals surface area contributed by atoms with Crippen LogP contribution in [0.25, 0.3) is 0 Å². The maximum atomic E-state index is 11.8. The van der Waals surface area contributed by atoms with Crippen molar-refractivity contribution >= 4 is 23.3 Å². The summed E-state index contributed by atoms with van der Waals surface area (Å²) in [4.78, 5) is 24.3. The highest BCUT2D eigenvalue weighted by atomic mass is 16.4. The predicted molar refractivity (Wildman–Crippen MR) is 67.3 cm³/mol. The van der Waals surface area contributed by atoms with Crippen LogP contribution in [-0.2, 0) is 4.79 Å². The normalized spacial score (nSPS) is 19.3. The van der Waals surface area contributed by atoms with Gasteiger partial charge in [0.15, 0.2) is 0 Å². The summed E-state index contributed by atoms with van der Waals surface area (Å²) in [7, 11) is 0. The van der Waals surface area contributed by atoms with Gasteiger partial charge in [-0.05, 0) is 24.6 Å². The summed E-state index contributed by atoms with van der Waals surface area (Å²) in [5.41, 5.74) is 11.9. The van der Waals surface area contributed by atoms with Crippen LogP contribution in [0.2, 0.25) is 0 Å². The smallest absolute Gasteiger partial charge is 0.337 e. The highest BCUT2D eigenvalue weighted by molar-refractivity contribution is 6.03.